The maximum absolute atomic E-state index is 10.7. The molecule has 84 valence electrons. The molecule has 0 aromatic heterocycles. The van der Waals surface area contributed by atoms with E-state index >= 15 is 0 Å². The lowest BCUT2D eigenvalue weighted by Crippen LogP contribution is -2.38. The standard InChI is InChI=1S/C11H14N3O2/c1-14(2,3)11-7-12-10-5-4-8(13(15)16)6-9(10)11/h4-7,11H,1-3H3/q+1. The Kier molecular flexibility index (Phi) is 2.27. The van der Waals surface area contributed by atoms with Gasteiger partial charge in [0.15, 0.2) is 6.04 Å². The van der Waals surface area contributed by atoms with Crippen molar-refractivity contribution in [1.82, 2.24) is 0 Å². The van der Waals surface area contributed by atoms with Gasteiger partial charge >= 0.3 is 0 Å². The van der Waals surface area contributed by atoms with Crippen LogP contribution in [0.25, 0.3) is 0 Å². The molecule has 1 atom stereocenters. The van der Waals surface area contributed by atoms with Crippen LogP contribution in [0.15, 0.2) is 23.2 Å². The first-order valence-corrected chi connectivity index (χ1v) is 5.03. The van der Waals surface area contributed by atoms with Crippen molar-refractivity contribution in [3.63, 3.8) is 0 Å². The molecule has 1 heterocycles. The summed E-state index contributed by atoms with van der Waals surface area (Å²) in [6, 6.07) is 4.92. The molecular weight excluding hydrogens is 206 g/mol. The number of hydrogen-bond donors (Lipinski definition) is 0. The largest absolute Gasteiger partial charge is 0.320 e. The number of aliphatic imine (C=N–C) groups is 1. The molecule has 1 aliphatic heterocycles. The highest BCUT2D eigenvalue weighted by molar-refractivity contribution is 5.79. The first kappa shape index (κ1) is 10.8. The number of quaternary nitrogens is 1. The smallest absolute Gasteiger partial charge is 0.270 e. The van der Waals surface area contributed by atoms with Gasteiger partial charge in [0.1, 0.15) is 0 Å². The Morgan fingerprint density at radius 3 is 2.62 bits per heavy atom. The quantitative estimate of drug-likeness (QED) is 0.435. The lowest BCUT2D eigenvalue weighted by atomic mass is 10.1. The highest BCUT2D eigenvalue weighted by atomic mass is 16.6. The Morgan fingerprint density at radius 2 is 2.06 bits per heavy atom. The van der Waals surface area contributed by atoms with Crippen molar-refractivity contribution in [2.75, 3.05) is 21.1 Å². The second kappa shape index (κ2) is 3.38. The van der Waals surface area contributed by atoms with E-state index in [0.717, 1.165) is 11.3 Å². The monoisotopic (exact) mass is 220 g/mol. The maximum atomic E-state index is 10.7. The van der Waals surface area contributed by atoms with Gasteiger partial charge < -0.3 is 4.48 Å². The van der Waals surface area contributed by atoms with Crippen molar-refractivity contribution in [3.8, 4) is 0 Å². The summed E-state index contributed by atoms with van der Waals surface area (Å²) in [5.74, 6) is 0. The molecule has 0 radical (unpaired) electrons. The zero-order valence-corrected chi connectivity index (χ0v) is 9.54. The third-order valence-electron chi connectivity index (χ3n) is 2.73. The predicted octanol–water partition coefficient (Wildman–Crippen LogP) is 2.06. The molecule has 1 unspecified atom stereocenters. The number of rotatable bonds is 2. The van der Waals surface area contributed by atoms with Gasteiger partial charge in [-0.3, -0.25) is 15.1 Å². The van der Waals surface area contributed by atoms with Gasteiger partial charge in [-0.2, -0.15) is 0 Å². The SMILES string of the molecule is C[N+](C)(C)C1C=Nc2ccc([N+](=O)[O-])cc21. The summed E-state index contributed by atoms with van der Waals surface area (Å²) in [6.45, 7) is 0. The molecule has 0 fully saturated rings. The van der Waals surface area contributed by atoms with Gasteiger partial charge in [0.25, 0.3) is 5.69 Å². The van der Waals surface area contributed by atoms with E-state index in [4.69, 9.17) is 0 Å². The van der Waals surface area contributed by atoms with E-state index in [1.54, 1.807) is 12.1 Å². The van der Waals surface area contributed by atoms with E-state index in [0.29, 0.717) is 4.48 Å². The number of benzene rings is 1. The minimum Gasteiger partial charge on any atom is -0.320 e. The normalized spacial score (nSPS) is 18.6. The van der Waals surface area contributed by atoms with E-state index in [1.165, 1.54) is 6.07 Å². The molecule has 0 N–H and O–H groups in total. The molecule has 1 aliphatic rings. The van der Waals surface area contributed by atoms with Gasteiger partial charge in [-0.25, -0.2) is 0 Å². The van der Waals surface area contributed by atoms with Gasteiger partial charge in [-0.15, -0.1) is 0 Å². The van der Waals surface area contributed by atoms with Crippen molar-refractivity contribution < 1.29 is 9.41 Å². The zero-order chi connectivity index (χ0) is 11.9. The Balaban J connectivity index is 2.48. The van der Waals surface area contributed by atoms with Crippen molar-refractivity contribution in [3.05, 3.63) is 33.9 Å². The van der Waals surface area contributed by atoms with E-state index in [2.05, 4.69) is 4.99 Å². The van der Waals surface area contributed by atoms with E-state index in [-0.39, 0.29) is 16.7 Å². The fraction of sp³-hybridized carbons (Fsp3) is 0.364. The maximum Gasteiger partial charge on any atom is 0.270 e. The van der Waals surface area contributed by atoms with Gasteiger partial charge in [0, 0.05) is 17.7 Å². The van der Waals surface area contributed by atoms with Crippen LogP contribution in [-0.4, -0.2) is 36.8 Å². The van der Waals surface area contributed by atoms with E-state index in [1.807, 2.05) is 27.4 Å². The van der Waals surface area contributed by atoms with Crippen molar-refractivity contribution in [1.29, 1.82) is 0 Å². The number of nitro groups is 1. The van der Waals surface area contributed by atoms with Crippen molar-refractivity contribution >= 4 is 17.6 Å². The third-order valence-corrected chi connectivity index (χ3v) is 2.73. The molecular formula is C11H14N3O2+. The van der Waals surface area contributed by atoms with Crippen molar-refractivity contribution in [2.24, 2.45) is 4.99 Å². The zero-order valence-electron chi connectivity index (χ0n) is 9.54. The highest BCUT2D eigenvalue weighted by Gasteiger charge is 2.31. The van der Waals surface area contributed by atoms with Gasteiger partial charge in [0.05, 0.1) is 38.0 Å². The Hall–Kier alpha value is -1.75. The lowest BCUT2D eigenvalue weighted by Gasteiger charge is -2.29. The van der Waals surface area contributed by atoms with E-state index < -0.39 is 0 Å². The molecule has 0 aliphatic carbocycles. The fourth-order valence-electron chi connectivity index (χ4n) is 1.86. The van der Waals surface area contributed by atoms with Crippen LogP contribution < -0.4 is 0 Å². The minimum absolute atomic E-state index is 0.0925. The van der Waals surface area contributed by atoms with Crippen LogP contribution in [0.1, 0.15) is 11.6 Å². The molecule has 5 heteroatoms. The molecule has 0 spiro atoms. The molecule has 0 bridgehead atoms. The average molecular weight is 220 g/mol. The van der Waals surface area contributed by atoms with Crippen molar-refractivity contribution in [2.45, 2.75) is 6.04 Å². The Bertz CT molecular complexity index is 475. The number of fused-ring (bicyclic) bond motifs is 1. The van der Waals surface area contributed by atoms with Crippen LogP contribution in [0, 0.1) is 10.1 Å². The Morgan fingerprint density at radius 1 is 1.38 bits per heavy atom. The summed E-state index contributed by atoms with van der Waals surface area (Å²) in [5.41, 5.74) is 1.90. The van der Waals surface area contributed by atoms with Gasteiger partial charge in [0.2, 0.25) is 0 Å². The summed E-state index contributed by atoms with van der Waals surface area (Å²) >= 11 is 0. The molecule has 0 amide bonds. The summed E-state index contributed by atoms with van der Waals surface area (Å²) in [5, 5.41) is 10.7. The van der Waals surface area contributed by atoms with Gasteiger partial charge in [-0.1, -0.05) is 0 Å². The third kappa shape index (κ3) is 1.69. The first-order valence-electron chi connectivity index (χ1n) is 5.03. The topological polar surface area (TPSA) is 55.5 Å². The number of non-ortho nitro benzene ring substituents is 1. The molecule has 2 rings (SSSR count). The summed E-state index contributed by atoms with van der Waals surface area (Å²) in [4.78, 5) is 14.6. The van der Waals surface area contributed by atoms with Crippen LogP contribution in [-0.2, 0) is 0 Å². The average Bonchev–Trinajstić information content (AvgIpc) is 2.58. The summed E-state index contributed by atoms with van der Waals surface area (Å²) in [6.07, 6.45) is 1.86. The second-order valence-corrected chi connectivity index (χ2v) is 4.84. The predicted molar refractivity (Wildman–Crippen MR) is 62.0 cm³/mol. The van der Waals surface area contributed by atoms with Crippen LogP contribution in [0.2, 0.25) is 0 Å². The number of hydrogen-bond acceptors (Lipinski definition) is 3. The van der Waals surface area contributed by atoms with E-state index in [9.17, 15) is 10.1 Å². The van der Waals surface area contributed by atoms with Crippen LogP contribution in [0.3, 0.4) is 0 Å². The van der Waals surface area contributed by atoms with Crippen LogP contribution in [0.4, 0.5) is 11.4 Å². The van der Waals surface area contributed by atoms with Crippen LogP contribution >= 0.6 is 0 Å². The fourth-order valence-corrected chi connectivity index (χ4v) is 1.86. The van der Waals surface area contributed by atoms with Crippen LogP contribution in [0.5, 0.6) is 0 Å². The lowest BCUT2D eigenvalue weighted by molar-refractivity contribution is -0.889. The Labute approximate surface area is 93.8 Å². The molecule has 16 heavy (non-hydrogen) atoms. The van der Waals surface area contributed by atoms with Gasteiger partial charge in [-0.05, 0) is 6.07 Å². The highest BCUT2D eigenvalue weighted by Crippen LogP contribution is 2.37. The molecule has 1 aromatic carbocycles. The molecule has 1 aromatic rings. The minimum atomic E-state index is -0.370. The second-order valence-electron chi connectivity index (χ2n) is 4.84. The number of nitrogens with zero attached hydrogens (tertiary/aromatic N) is 3. The molecule has 0 saturated heterocycles. The number of nitro benzene ring substituents is 1. The summed E-state index contributed by atoms with van der Waals surface area (Å²) < 4.78 is 0.678. The first-order chi connectivity index (χ1) is 7.39. The molecule has 5 nitrogen and oxygen atoms in total. The summed E-state index contributed by atoms with van der Waals surface area (Å²) in [7, 11) is 6.14. The molecule has 0 saturated carbocycles.